The first-order valence-corrected chi connectivity index (χ1v) is 8.46. The van der Waals surface area contributed by atoms with E-state index < -0.39 is 5.97 Å². The van der Waals surface area contributed by atoms with Crippen LogP contribution in [0.3, 0.4) is 0 Å². The van der Waals surface area contributed by atoms with Crippen molar-refractivity contribution in [1.82, 2.24) is 4.98 Å². The van der Waals surface area contributed by atoms with Crippen molar-refractivity contribution >= 4 is 28.5 Å². The molecule has 1 aromatic heterocycles. The summed E-state index contributed by atoms with van der Waals surface area (Å²) < 4.78 is 5.10. The van der Waals surface area contributed by atoms with E-state index in [0.29, 0.717) is 5.52 Å². The van der Waals surface area contributed by atoms with Crippen LogP contribution in [0.25, 0.3) is 10.9 Å². The van der Waals surface area contributed by atoms with E-state index in [0.717, 1.165) is 16.6 Å². The average molecular weight is 348 g/mol. The summed E-state index contributed by atoms with van der Waals surface area (Å²) in [6, 6.07) is 18.5. The first kappa shape index (κ1) is 17.6. The van der Waals surface area contributed by atoms with Crippen LogP contribution in [-0.4, -0.2) is 23.5 Å². The molecule has 0 bridgehead atoms. The lowest BCUT2D eigenvalue weighted by Crippen LogP contribution is -2.22. The quantitative estimate of drug-likeness (QED) is 0.703. The Hall–Kier alpha value is -3.21. The second kappa shape index (κ2) is 7.78. The first-order chi connectivity index (χ1) is 12.5. The van der Waals surface area contributed by atoms with Crippen molar-refractivity contribution in [2.24, 2.45) is 0 Å². The standard InChI is InChI=1S/C21H20N2O3/c1-14(2)16-8-4-6-10-18(16)23-20(24)13-26-21(25)19-12-11-15-7-3-5-9-17(15)22-19/h3-12,14H,13H2,1-2H3,(H,23,24). The number of carbonyl (C=O) groups excluding carboxylic acids is 2. The molecule has 5 heteroatoms. The number of hydrogen-bond acceptors (Lipinski definition) is 4. The van der Waals surface area contributed by atoms with Gasteiger partial charge < -0.3 is 10.1 Å². The molecular formula is C21H20N2O3. The third kappa shape index (κ3) is 4.06. The number of aromatic nitrogens is 1. The van der Waals surface area contributed by atoms with E-state index in [1.807, 2.05) is 48.5 Å². The predicted molar refractivity (Wildman–Crippen MR) is 101 cm³/mol. The monoisotopic (exact) mass is 348 g/mol. The summed E-state index contributed by atoms with van der Waals surface area (Å²) in [6.45, 7) is 3.74. The van der Waals surface area contributed by atoms with Gasteiger partial charge in [0.1, 0.15) is 5.69 Å². The number of nitrogens with one attached hydrogen (secondary N) is 1. The van der Waals surface area contributed by atoms with Gasteiger partial charge in [0.2, 0.25) is 0 Å². The Bertz CT molecular complexity index is 951. The van der Waals surface area contributed by atoms with Gasteiger partial charge in [0.15, 0.2) is 6.61 Å². The van der Waals surface area contributed by atoms with Crippen molar-refractivity contribution in [3.8, 4) is 0 Å². The first-order valence-electron chi connectivity index (χ1n) is 8.46. The van der Waals surface area contributed by atoms with Crippen LogP contribution in [0.1, 0.15) is 35.8 Å². The van der Waals surface area contributed by atoms with Crippen molar-refractivity contribution in [2.75, 3.05) is 11.9 Å². The lowest BCUT2D eigenvalue weighted by Gasteiger charge is -2.13. The molecule has 0 unspecified atom stereocenters. The molecule has 1 amide bonds. The molecule has 2 aromatic carbocycles. The molecule has 0 radical (unpaired) electrons. The highest BCUT2D eigenvalue weighted by Crippen LogP contribution is 2.23. The average Bonchev–Trinajstić information content (AvgIpc) is 2.66. The van der Waals surface area contributed by atoms with Crippen LogP contribution in [0.5, 0.6) is 0 Å². The molecule has 26 heavy (non-hydrogen) atoms. The zero-order chi connectivity index (χ0) is 18.5. The molecule has 5 nitrogen and oxygen atoms in total. The fourth-order valence-electron chi connectivity index (χ4n) is 2.69. The zero-order valence-corrected chi connectivity index (χ0v) is 14.7. The van der Waals surface area contributed by atoms with Crippen LogP contribution in [0.4, 0.5) is 5.69 Å². The minimum Gasteiger partial charge on any atom is -0.451 e. The summed E-state index contributed by atoms with van der Waals surface area (Å²) in [4.78, 5) is 28.6. The van der Waals surface area contributed by atoms with Crippen LogP contribution in [0.15, 0.2) is 60.7 Å². The fourth-order valence-corrected chi connectivity index (χ4v) is 2.69. The Balaban J connectivity index is 1.63. The van der Waals surface area contributed by atoms with Gasteiger partial charge in [-0.25, -0.2) is 9.78 Å². The Morgan fingerprint density at radius 3 is 2.54 bits per heavy atom. The number of benzene rings is 2. The molecule has 1 N–H and O–H groups in total. The van der Waals surface area contributed by atoms with Crippen molar-refractivity contribution in [2.45, 2.75) is 19.8 Å². The Morgan fingerprint density at radius 1 is 1.00 bits per heavy atom. The van der Waals surface area contributed by atoms with Gasteiger partial charge >= 0.3 is 5.97 Å². The second-order valence-corrected chi connectivity index (χ2v) is 6.26. The fraction of sp³-hybridized carbons (Fsp3) is 0.190. The molecule has 0 atom stereocenters. The maximum atomic E-state index is 12.2. The predicted octanol–water partition coefficient (Wildman–Crippen LogP) is 4.15. The van der Waals surface area contributed by atoms with Crippen LogP contribution in [0, 0.1) is 0 Å². The molecule has 0 aliphatic carbocycles. The minimum absolute atomic E-state index is 0.180. The van der Waals surface area contributed by atoms with E-state index in [9.17, 15) is 9.59 Å². The second-order valence-electron chi connectivity index (χ2n) is 6.26. The molecule has 132 valence electrons. The van der Waals surface area contributed by atoms with Gasteiger partial charge in [-0.3, -0.25) is 4.79 Å². The van der Waals surface area contributed by atoms with Gasteiger partial charge in [0.25, 0.3) is 5.91 Å². The van der Waals surface area contributed by atoms with Gasteiger partial charge in [-0.15, -0.1) is 0 Å². The topological polar surface area (TPSA) is 68.3 Å². The molecule has 0 fully saturated rings. The zero-order valence-electron chi connectivity index (χ0n) is 14.7. The van der Waals surface area contributed by atoms with Gasteiger partial charge in [0.05, 0.1) is 5.52 Å². The lowest BCUT2D eigenvalue weighted by molar-refractivity contribution is -0.119. The van der Waals surface area contributed by atoms with Crippen LogP contribution in [0.2, 0.25) is 0 Å². The summed E-state index contributed by atoms with van der Waals surface area (Å²) >= 11 is 0. The summed E-state index contributed by atoms with van der Waals surface area (Å²) in [5.74, 6) is -0.730. The third-order valence-corrected chi connectivity index (χ3v) is 4.00. The number of fused-ring (bicyclic) bond motifs is 1. The summed E-state index contributed by atoms with van der Waals surface area (Å²) in [7, 11) is 0. The number of pyridine rings is 1. The van der Waals surface area contributed by atoms with Crippen LogP contribution >= 0.6 is 0 Å². The van der Waals surface area contributed by atoms with E-state index in [2.05, 4.69) is 24.1 Å². The Morgan fingerprint density at radius 2 is 1.73 bits per heavy atom. The maximum absolute atomic E-state index is 12.2. The molecule has 3 aromatic rings. The number of esters is 1. The molecule has 0 spiro atoms. The van der Waals surface area contributed by atoms with Crippen molar-refractivity contribution < 1.29 is 14.3 Å². The number of amides is 1. The number of carbonyl (C=O) groups is 2. The Labute approximate surface area is 152 Å². The van der Waals surface area contributed by atoms with Gasteiger partial charge in [-0.05, 0) is 29.7 Å². The molecule has 0 saturated heterocycles. The van der Waals surface area contributed by atoms with E-state index in [1.165, 1.54) is 0 Å². The van der Waals surface area contributed by atoms with Crippen molar-refractivity contribution in [1.29, 1.82) is 0 Å². The lowest BCUT2D eigenvalue weighted by atomic mass is 10.0. The highest BCUT2D eigenvalue weighted by atomic mass is 16.5. The largest absolute Gasteiger partial charge is 0.451 e. The minimum atomic E-state index is -0.622. The molecule has 3 rings (SSSR count). The molecule has 0 saturated carbocycles. The highest BCUT2D eigenvalue weighted by Gasteiger charge is 2.14. The summed E-state index contributed by atoms with van der Waals surface area (Å²) in [5, 5.41) is 3.73. The van der Waals surface area contributed by atoms with E-state index in [4.69, 9.17) is 4.74 Å². The van der Waals surface area contributed by atoms with Crippen LogP contribution in [-0.2, 0) is 9.53 Å². The van der Waals surface area contributed by atoms with E-state index in [1.54, 1.807) is 12.1 Å². The number of rotatable bonds is 5. The van der Waals surface area contributed by atoms with Crippen molar-refractivity contribution in [3.63, 3.8) is 0 Å². The van der Waals surface area contributed by atoms with Crippen molar-refractivity contribution in [3.05, 3.63) is 71.9 Å². The normalized spacial score (nSPS) is 10.7. The molecular weight excluding hydrogens is 328 g/mol. The summed E-state index contributed by atoms with van der Waals surface area (Å²) in [5.41, 5.74) is 2.65. The molecule has 0 aliphatic heterocycles. The summed E-state index contributed by atoms with van der Waals surface area (Å²) in [6.07, 6.45) is 0. The molecule has 0 aliphatic rings. The third-order valence-electron chi connectivity index (χ3n) is 4.00. The maximum Gasteiger partial charge on any atom is 0.357 e. The number of para-hydroxylation sites is 2. The number of anilines is 1. The van der Waals surface area contributed by atoms with Gasteiger partial charge in [-0.1, -0.05) is 56.3 Å². The Kier molecular flexibility index (Phi) is 5.27. The molecule has 1 heterocycles. The number of hydrogen-bond donors (Lipinski definition) is 1. The number of nitrogens with zero attached hydrogens (tertiary/aromatic N) is 1. The highest BCUT2D eigenvalue weighted by molar-refractivity contribution is 5.96. The van der Waals surface area contributed by atoms with Gasteiger partial charge in [-0.2, -0.15) is 0 Å². The number of ether oxygens (including phenoxy) is 1. The van der Waals surface area contributed by atoms with Gasteiger partial charge in [0, 0.05) is 11.1 Å². The van der Waals surface area contributed by atoms with E-state index >= 15 is 0 Å². The van der Waals surface area contributed by atoms with Crippen LogP contribution < -0.4 is 5.32 Å². The smallest absolute Gasteiger partial charge is 0.357 e. The van der Waals surface area contributed by atoms with E-state index in [-0.39, 0.29) is 24.1 Å². The SMILES string of the molecule is CC(C)c1ccccc1NC(=O)COC(=O)c1ccc2ccccc2n1.